The lowest BCUT2D eigenvalue weighted by Gasteiger charge is -2.38. The molecule has 6 nitrogen and oxygen atoms in total. The highest BCUT2D eigenvalue weighted by Crippen LogP contribution is 2.25. The molecule has 0 aromatic rings. The molecule has 0 aromatic heterocycles. The highest BCUT2D eigenvalue weighted by molar-refractivity contribution is 7.86. The van der Waals surface area contributed by atoms with Crippen LogP contribution in [0, 0.1) is 11.8 Å². The molecule has 0 aromatic carbocycles. The molecule has 20 heavy (non-hydrogen) atoms. The van der Waals surface area contributed by atoms with Gasteiger partial charge in [-0.1, -0.05) is 19.0 Å². The third-order valence-corrected chi connectivity index (χ3v) is 6.37. The van der Waals surface area contributed by atoms with Crippen LogP contribution in [0.3, 0.4) is 0 Å². The van der Waals surface area contributed by atoms with E-state index in [4.69, 9.17) is 5.21 Å². The average Bonchev–Trinajstić information content (AvgIpc) is 2.46. The monoisotopic (exact) mass is 303 g/mol. The van der Waals surface area contributed by atoms with Gasteiger partial charge in [-0.05, 0) is 25.2 Å². The van der Waals surface area contributed by atoms with E-state index in [1.807, 2.05) is 6.92 Å². The molecule has 0 spiro atoms. The summed E-state index contributed by atoms with van der Waals surface area (Å²) in [7, 11) is -3.36. The summed E-state index contributed by atoms with van der Waals surface area (Å²) in [5.41, 5.74) is 0.728. The van der Waals surface area contributed by atoms with E-state index >= 15 is 0 Å². The van der Waals surface area contributed by atoms with Crippen LogP contribution in [0.5, 0.6) is 0 Å². The lowest BCUT2D eigenvalue weighted by molar-refractivity contribution is 0.246. The highest BCUT2D eigenvalue weighted by atomic mass is 32.2. The van der Waals surface area contributed by atoms with E-state index in [1.165, 1.54) is 0 Å². The van der Waals surface area contributed by atoms with Gasteiger partial charge in [0.15, 0.2) is 0 Å². The summed E-state index contributed by atoms with van der Waals surface area (Å²) in [6, 6.07) is 0. The molecule has 2 fully saturated rings. The van der Waals surface area contributed by atoms with Gasteiger partial charge in [0, 0.05) is 38.5 Å². The van der Waals surface area contributed by atoms with Gasteiger partial charge in [-0.2, -0.15) is 17.0 Å². The van der Waals surface area contributed by atoms with Gasteiger partial charge in [-0.15, -0.1) is 0 Å². The van der Waals surface area contributed by atoms with Crippen molar-refractivity contribution in [1.82, 2.24) is 8.61 Å². The SMILES string of the molecule is CCC1CN(S(=O)(=O)N2CCCC(C)C2)CCC1=NO. The Hall–Kier alpha value is -0.660. The Morgan fingerprint density at radius 1 is 1.30 bits per heavy atom. The van der Waals surface area contributed by atoms with Gasteiger partial charge in [0.2, 0.25) is 0 Å². The largest absolute Gasteiger partial charge is 0.411 e. The van der Waals surface area contributed by atoms with Gasteiger partial charge < -0.3 is 5.21 Å². The van der Waals surface area contributed by atoms with Crippen LogP contribution in [-0.2, 0) is 10.2 Å². The van der Waals surface area contributed by atoms with Gasteiger partial charge in [0.05, 0.1) is 5.71 Å². The van der Waals surface area contributed by atoms with Crippen LogP contribution < -0.4 is 0 Å². The first kappa shape index (κ1) is 15.7. The van der Waals surface area contributed by atoms with Crippen molar-refractivity contribution in [3.8, 4) is 0 Å². The molecule has 1 N–H and O–H groups in total. The van der Waals surface area contributed by atoms with Gasteiger partial charge in [0.1, 0.15) is 0 Å². The third kappa shape index (κ3) is 3.15. The Labute approximate surface area is 121 Å². The molecule has 2 unspecified atom stereocenters. The average molecular weight is 303 g/mol. The van der Waals surface area contributed by atoms with Crippen molar-refractivity contribution in [2.45, 2.75) is 39.5 Å². The molecule has 2 rings (SSSR count). The summed E-state index contributed by atoms with van der Waals surface area (Å²) in [5, 5.41) is 12.3. The van der Waals surface area contributed by atoms with Crippen molar-refractivity contribution in [3.05, 3.63) is 0 Å². The van der Waals surface area contributed by atoms with E-state index in [1.54, 1.807) is 8.61 Å². The fourth-order valence-corrected chi connectivity index (χ4v) is 4.93. The van der Waals surface area contributed by atoms with Crippen LogP contribution in [0.25, 0.3) is 0 Å². The number of hydrogen-bond donors (Lipinski definition) is 1. The fraction of sp³-hybridized carbons (Fsp3) is 0.923. The number of hydrogen-bond acceptors (Lipinski definition) is 4. The van der Waals surface area contributed by atoms with Gasteiger partial charge >= 0.3 is 0 Å². The molecule has 0 aliphatic carbocycles. The van der Waals surface area contributed by atoms with E-state index in [9.17, 15) is 8.42 Å². The summed E-state index contributed by atoms with van der Waals surface area (Å²) in [6.45, 7) is 6.20. The Morgan fingerprint density at radius 2 is 2.00 bits per heavy atom. The molecule has 0 bridgehead atoms. The summed E-state index contributed by atoms with van der Waals surface area (Å²) in [4.78, 5) is 0. The first-order valence-corrected chi connectivity index (χ1v) is 8.84. The fourth-order valence-electron chi connectivity index (χ4n) is 3.11. The van der Waals surface area contributed by atoms with Crippen LogP contribution in [0.4, 0.5) is 0 Å². The Kier molecular flexibility index (Phi) is 5.04. The maximum Gasteiger partial charge on any atom is 0.282 e. The van der Waals surface area contributed by atoms with Gasteiger partial charge in [0.25, 0.3) is 10.2 Å². The summed E-state index contributed by atoms with van der Waals surface area (Å²) < 4.78 is 28.6. The Bertz CT molecular complexity index is 463. The van der Waals surface area contributed by atoms with Crippen LogP contribution in [-0.4, -0.2) is 54.1 Å². The summed E-state index contributed by atoms with van der Waals surface area (Å²) in [5.74, 6) is 0.464. The molecular weight excluding hydrogens is 278 g/mol. The van der Waals surface area contributed by atoms with E-state index in [2.05, 4.69) is 12.1 Å². The van der Waals surface area contributed by atoms with E-state index in [0.717, 1.165) is 25.0 Å². The minimum atomic E-state index is -3.36. The van der Waals surface area contributed by atoms with Crippen LogP contribution in [0.2, 0.25) is 0 Å². The highest BCUT2D eigenvalue weighted by Gasteiger charge is 2.37. The number of rotatable bonds is 3. The third-order valence-electron chi connectivity index (χ3n) is 4.41. The minimum Gasteiger partial charge on any atom is -0.411 e. The second-order valence-corrected chi connectivity index (χ2v) is 7.85. The standard InChI is InChI=1S/C13H25N3O3S/c1-3-12-10-16(8-6-13(12)14-17)20(18,19)15-7-4-5-11(2)9-15/h11-12,17H,3-10H2,1-2H3. The molecule has 2 atom stereocenters. The number of piperidine rings is 2. The zero-order valence-electron chi connectivity index (χ0n) is 12.3. The predicted molar refractivity (Wildman–Crippen MR) is 78.1 cm³/mol. The van der Waals surface area contributed by atoms with Crippen molar-refractivity contribution in [3.63, 3.8) is 0 Å². The Balaban J connectivity index is 2.10. The van der Waals surface area contributed by atoms with E-state index in [-0.39, 0.29) is 5.92 Å². The van der Waals surface area contributed by atoms with Crippen molar-refractivity contribution >= 4 is 15.9 Å². The van der Waals surface area contributed by atoms with Gasteiger partial charge in [-0.25, -0.2) is 0 Å². The minimum absolute atomic E-state index is 0.0331. The van der Waals surface area contributed by atoms with Crippen molar-refractivity contribution in [1.29, 1.82) is 0 Å². The molecule has 2 aliphatic heterocycles. The summed E-state index contributed by atoms with van der Waals surface area (Å²) in [6.07, 6.45) is 3.36. The van der Waals surface area contributed by atoms with Crippen molar-refractivity contribution in [2.24, 2.45) is 17.0 Å². The molecule has 0 radical (unpaired) electrons. The van der Waals surface area contributed by atoms with Crippen LogP contribution >= 0.6 is 0 Å². The van der Waals surface area contributed by atoms with Crippen LogP contribution in [0.1, 0.15) is 39.5 Å². The molecular formula is C13H25N3O3S. The second kappa shape index (κ2) is 6.41. The van der Waals surface area contributed by atoms with Crippen molar-refractivity contribution in [2.75, 3.05) is 26.2 Å². The van der Waals surface area contributed by atoms with Crippen molar-refractivity contribution < 1.29 is 13.6 Å². The van der Waals surface area contributed by atoms with Gasteiger partial charge in [-0.3, -0.25) is 0 Å². The number of oxime groups is 1. The first-order chi connectivity index (χ1) is 9.48. The topological polar surface area (TPSA) is 73.2 Å². The number of nitrogens with zero attached hydrogens (tertiary/aromatic N) is 3. The summed E-state index contributed by atoms with van der Waals surface area (Å²) >= 11 is 0. The molecule has 2 aliphatic rings. The van der Waals surface area contributed by atoms with E-state index < -0.39 is 10.2 Å². The quantitative estimate of drug-likeness (QED) is 0.634. The smallest absolute Gasteiger partial charge is 0.282 e. The Morgan fingerprint density at radius 3 is 2.60 bits per heavy atom. The first-order valence-electron chi connectivity index (χ1n) is 7.45. The molecule has 0 saturated carbocycles. The second-order valence-electron chi connectivity index (χ2n) is 5.92. The zero-order chi connectivity index (χ0) is 14.8. The molecule has 7 heteroatoms. The van der Waals surface area contributed by atoms with E-state index in [0.29, 0.717) is 38.5 Å². The lowest BCUT2D eigenvalue weighted by Crippen LogP contribution is -2.52. The molecule has 116 valence electrons. The van der Waals surface area contributed by atoms with Crippen LogP contribution in [0.15, 0.2) is 5.16 Å². The normalized spacial score (nSPS) is 32.6. The lowest BCUT2D eigenvalue weighted by atomic mass is 9.95. The molecule has 0 amide bonds. The maximum atomic E-state index is 12.7. The predicted octanol–water partition coefficient (Wildman–Crippen LogP) is 1.53. The maximum absolute atomic E-state index is 12.7. The zero-order valence-corrected chi connectivity index (χ0v) is 13.1. The molecule has 2 saturated heterocycles. The molecule has 2 heterocycles.